The van der Waals surface area contributed by atoms with E-state index in [0.29, 0.717) is 5.75 Å². The van der Waals surface area contributed by atoms with Crippen LogP contribution >= 0.6 is 0 Å². The summed E-state index contributed by atoms with van der Waals surface area (Å²) in [5, 5.41) is 5.41. The Hall–Kier alpha value is -3.02. The first kappa shape index (κ1) is 17.3. The molecule has 1 atom stereocenters. The quantitative estimate of drug-likeness (QED) is 0.730. The zero-order valence-corrected chi connectivity index (χ0v) is 13.5. The molecule has 0 radical (unpaired) electrons. The number of carbonyl (C=O) groups is 2. The van der Waals surface area contributed by atoms with E-state index < -0.39 is 5.91 Å². The average Bonchev–Trinajstić information content (AvgIpc) is 2.56. The summed E-state index contributed by atoms with van der Waals surface area (Å²) in [6.07, 6.45) is 0.107. The molecule has 4 N–H and O–H groups in total. The van der Waals surface area contributed by atoms with Crippen LogP contribution in [0.3, 0.4) is 0 Å². The van der Waals surface area contributed by atoms with Crippen molar-refractivity contribution in [2.24, 2.45) is 5.73 Å². The molecule has 24 heavy (non-hydrogen) atoms. The maximum atomic E-state index is 11.9. The molecular weight excluding hydrogens is 306 g/mol. The van der Waals surface area contributed by atoms with E-state index in [4.69, 9.17) is 10.5 Å². The summed E-state index contributed by atoms with van der Waals surface area (Å²) in [7, 11) is 0. The number of primary amides is 1. The van der Waals surface area contributed by atoms with E-state index in [1.54, 1.807) is 0 Å². The summed E-state index contributed by atoms with van der Waals surface area (Å²) in [4.78, 5) is 22.5. The molecule has 6 heteroatoms. The molecular formula is C18H21N3O3. The van der Waals surface area contributed by atoms with Crippen molar-refractivity contribution in [3.8, 4) is 11.5 Å². The minimum atomic E-state index is -0.454. The van der Waals surface area contributed by atoms with Crippen LogP contribution in [0.5, 0.6) is 11.5 Å². The lowest BCUT2D eigenvalue weighted by atomic mass is 10.1. The fraction of sp³-hybridized carbons (Fsp3) is 0.222. The van der Waals surface area contributed by atoms with E-state index in [2.05, 4.69) is 10.6 Å². The Morgan fingerprint density at radius 1 is 1.08 bits per heavy atom. The lowest BCUT2D eigenvalue weighted by molar-refractivity contribution is -0.117. The second-order valence-electron chi connectivity index (χ2n) is 5.29. The third-order valence-corrected chi connectivity index (χ3v) is 3.36. The largest absolute Gasteiger partial charge is 0.457 e. The zero-order chi connectivity index (χ0) is 17.4. The van der Waals surface area contributed by atoms with E-state index in [9.17, 15) is 9.59 Å². The molecule has 0 aliphatic heterocycles. The van der Waals surface area contributed by atoms with Gasteiger partial charge in [-0.3, -0.25) is 4.79 Å². The van der Waals surface area contributed by atoms with E-state index in [0.717, 1.165) is 11.3 Å². The Balaban J connectivity index is 2.00. The minimum Gasteiger partial charge on any atom is -0.457 e. The predicted octanol–water partition coefficient (Wildman–Crippen LogP) is 2.71. The van der Waals surface area contributed by atoms with Crippen molar-refractivity contribution in [1.29, 1.82) is 0 Å². The first-order valence-electron chi connectivity index (χ1n) is 7.71. The Bertz CT molecular complexity index is 689. The van der Waals surface area contributed by atoms with Gasteiger partial charge in [-0.15, -0.1) is 0 Å². The number of nitrogens with one attached hydrogen (secondary N) is 2. The predicted molar refractivity (Wildman–Crippen MR) is 91.7 cm³/mol. The average molecular weight is 327 g/mol. The number of hydrogen-bond donors (Lipinski definition) is 3. The Labute approximate surface area is 141 Å². The van der Waals surface area contributed by atoms with Crippen LogP contribution in [0.4, 0.5) is 4.79 Å². The molecule has 0 aromatic heterocycles. The van der Waals surface area contributed by atoms with Crippen LogP contribution in [0.15, 0.2) is 54.6 Å². The van der Waals surface area contributed by atoms with Gasteiger partial charge in [0.2, 0.25) is 5.91 Å². The molecule has 6 nitrogen and oxygen atoms in total. The van der Waals surface area contributed by atoms with Crippen LogP contribution in [0.2, 0.25) is 0 Å². The van der Waals surface area contributed by atoms with Crippen molar-refractivity contribution in [1.82, 2.24) is 10.6 Å². The summed E-state index contributed by atoms with van der Waals surface area (Å²) in [5.41, 5.74) is 5.89. The molecule has 2 aromatic rings. The highest BCUT2D eigenvalue weighted by molar-refractivity contribution is 5.77. The highest BCUT2D eigenvalue weighted by atomic mass is 16.5. The van der Waals surface area contributed by atoms with Gasteiger partial charge in [0.1, 0.15) is 11.5 Å². The maximum Gasteiger partial charge on any atom is 0.315 e. The van der Waals surface area contributed by atoms with Crippen LogP contribution in [0, 0.1) is 0 Å². The Morgan fingerprint density at radius 2 is 1.75 bits per heavy atom. The van der Waals surface area contributed by atoms with Gasteiger partial charge in [0.15, 0.2) is 0 Å². The fourth-order valence-electron chi connectivity index (χ4n) is 2.17. The number of carbonyl (C=O) groups excluding carboxylic acids is 2. The molecule has 0 saturated carbocycles. The van der Waals surface area contributed by atoms with Gasteiger partial charge < -0.3 is 21.1 Å². The van der Waals surface area contributed by atoms with E-state index in [-0.39, 0.29) is 25.0 Å². The molecule has 2 aromatic carbocycles. The number of hydrogen-bond acceptors (Lipinski definition) is 3. The van der Waals surface area contributed by atoms with Crippen molar-refractivity contribution < 1.29 is 14.3 Å². The number of nitrogens with two attached hydrogens (primary N) is 1. The van der Waals surface area contributed by atoms with Gasteiger partial charge in [0.05, 0.1) is 6.04 Å². The molecule has 0 aliphatic rings. The second-order valence-corrected chi connectivity index (χ2v) is 5.29. The molecule has 0 heterocycles. The monoisotopic (exact) mass is 327 g/mol. The SMILES string of the molecule is C[C@H](NC(=O)NCCC(N)=O)c1ccccc1Oc1ccccc1. The van der Waals surface area contributed by atoms with Crippen LogP contribution in [0.25, 0.3) is 0 Å². The van der Waals surface area contributed by atoms with E-state index in [1.165, 1.54) is 0 Å². The Kier molecular flexibility index (Phi) is 6.19. The summed E-state index contributed by atoms with van der Waals surface area (Å²) in [6.45, 7) is 2.07. The molecule has 0 fully saturated rings. The van der Waals surface area contributed by atoms with Crippen LogP contribution in [-0.2, 0) is 4.79 Å². The Morgan fingerprint density at radius 3 is 2.46 bits per heavy atom. The van der Waals surface area contributed by atoms with Crippen molar-refractivity contribution in [3.63, 3.8) is 0 Å². The number of urea groups is 1. The van der Waals surface area contributed by atoms with E-state index >= 15 is 0 Å². The lowest BCUT2D eigenvalue weighted by Crippen LogP contribution is -2.38. The molecule has 0 saturated heterocycles. The van der Waals surface area contributed by atoms with Crippen LogP contribution in [-0.4, -0.2) is 18.5 Å². The fourth-order valence-corrected chi connectivity index (χ4v) is 2.17. The topological polar surface area (TPSA) is 93.5 Å². The third kappa shape index (κ3) is 5.31. The highest BCUT2D eigenvalue weighted by Crippen LogP contribution is 2.29. The van der Waals surface area contributed by atoms with Gasteiger partial charge in [0, 0.05) is 18.5 Å². The van der Waals surface area contributed by atoms with Gasteiger partial charge >= 0.3 is 6.03 Å². The van der Waals surface area contributed by atoms with Crippen molar-refractivity contribution >= 4 is 11.9 Å². The van der Waals surface area contributed by atoms with Crippen molar-refractivity contribution in [2.45, 2.75) is 19.4 Å². The molecule has 126 valence electrons. The number of benzene rings is 2. The normalized spacial score (nSPS) is 11.4. The molecule has 0 unspecified atom stereocenters. The highest BCUT2D eigenvalue weighted by Gasteiger charge is 2.14. The molecule has 0 spiro atoms. The van der Waals surface area contributed by atoms with Crippen molar-refractivity contribution in [2.75, 3.05) is 6.54 Å². The summed E-state index contributed by atoms with van der Waals surface area (Å²) < 4.78 is 5.89. The van der Waals surface area contributed by atoms with Gasteiger partial charge in [-0.05, 0) is 25.1 Å². The van der Waals surface area contributed by atoms with Crippen molar-refractivity contribution in [3.05, 3.63) is 60.2 Å². The maximum absolute atomic E-state index is 11.9. The van der Waals surface area contributed by atoms with Gasteiger partial charge in [-0.25, -0.2) is 4.79 Å². The van der Waals surface area contributed by atoms with Gasteiger partial charge in [0.25, 0.3) is 0 Å². The number of rotatable bonds is 7. The van der Waals surface area contributed by atoms with Gasteiger partial charge in [-0.2, -0.15) is 0 Å². The molecule has 3 amide bonds. The molecule has 2 rings (SSSR count). The first-order chi connectivity index (χ1) is 11.6. The summed E-state index contributed by atoms with van der Waals surface area (Å²) in [5.74, 6) is 0.946. The smallest absolute Gasteiger partial charge is 0.315 e. The van der Waals surface area contributed by atoms with E-state index in [1.807, 2.05) is 61.5 Å². The number of amides is 3. The van der Waals surface area contributed by atoms with Crippen LogP contribution in [0.1, 0.15) is 24.9 Å². The molecule has 0 aliphatic carbocycles. The van der Waals surface area contributed by atoms with Gasteiger partial charge in [-0.1, -0.05) is 36.4 Å². The third-order valence-electron chi connectivity index (χ3n) is 3.36. The first-order valence-corrected chi connectivity index (χ1v) is 7.71. The number of ether oxygens (including phenoxy) is 1. The number of para-hydroxylation sites is 2. The minimum absolute atomic E-state index is 0.107. The second kappa shape index (κ2) is 8.57. The lowest BCUT2D eigenvalue weighted by Gasteiger charge is -2.18. The van der Waals surface area contributed by atoms with Crippen LogP contribution < -0.4 is 21.1 Å². The standard InChI is InChI=1S/C18H21N3O3/c1-13(21-18(23)20-12-11-17(19)22)15-9-5-6-10-16(15)24-14-7-3-2-4-8-14/h2-10,13H,11-12H2,1H3,(H2,19,22)(H2,20,21,23)/t13-/m0/s1. The summed E-state index contributed by atoms with van der Waals surface area (Å²) in [6, 6.07) is 16.3. The summed E-state index contributed by atoms with van der Waals surface area (Å²) >= 11 is 0. The molecule has 0 bridgehead atoms. The zero-order valence-electron chi connectivity index (χ0n) is 13.5.